The topological polar surface area (TPSA) is 116 Å². The van der Waals surface area contributed by atoms with Crippen molar-refractivity contribution in [1.29, 1.82) is 0 Å². The highest BCUT2D eigenvalue weighted by atomic mass is 32.2. The molecule has 1 saturated carbocycles. The van der Waals surface area contributed by atoms with Gasteiger partial charge in [0.1, 0.15) is 6.10 Å². The molecule has 3 atom stereocenters. The number of amides is 1. The van der Waals surface area contributed by atoms with Crippen molar-refractivity contribution >= 4 is 37.9 Å². The smallest absolute Gasteiger partial charge is 0.280 e. The number of thiazole rings is 1. The van der Waals surface area contributed by atoms with E-state index in [0.717, 1.165) is 17.7 Å². The van der Waals surface area contributed by atoms with Crippen molar-refractivity contribution in [3.8, 4) is 0 Å². The molecule has 1 aliphatic carbocycles. The summed E-state index contributed by atoms with van der Waals surface area (Å²) in [4.78, 5) is 24.1. The van der Waals surface area contributed by atoms with E-state index in [1.54, 1.807) is 18.3 Å². The second-order valence-electron chi connectivity index (χ2n) is 8.34. The summed E-state index contributed by atoms with van der Waals surface area (Å²) in [6, 6.07) is 6.16. The monoisotopic (exact) mass is 507 g/mol. The van der Waals surface area contributed by atoms with Crippen LogP contribution in [0.4, 0.5) is 5.13 Å². The van der Waals surface area contributed by atoms with E-state index < -0.39 is 21.0 Å². The van der Waals surface area contributed by atoms with Crippen LogP contribution in [0.3, 0.4) is 0 Å². The molecular formula is C23H29N3O6S2. The molecule has 0 bridgehead atoms. The van der Waals surface area contributed by atoms with Gasteiger partial charge in [-0.1, -0.05) is 17.3 Å². The summed E-state index contributed by atoms with van der Waals surface area (Å²) in [5.74, 6) is -0.478. The van der Waals surface area contributed by atoms with E-state index >= 15 is 0 Å². The zero-order valence-electron chi connectivity index (χ0n) is 19.2. The average molecular weight is 508 g/mol. The number of nitrogens with one attached hydrogen (secondary N) is 1. The first-order valence-electron chi connectivity index (χ1n) is 11.4. The molecule has 34 heavy (non-hydrogen) atoms. The summed E-state index contributed by atoms with van der Waals surface area (Å²) in [5.41, 5.74) is 0.507. The average Bonchev–Trinajstić information content (AvgIpc) is 3.58. The van der Waals surface area contributed by atoms with E-state index in [-0.39, 0.29) is 29.4 Å². The molecule has 1 aromatic heterocycles. The maximum Gasteiger partial charge on any atom is 0.280 e. The minimum absolute atomic E-state index is 0.0564. The van der Waals surface area contributed by atoms with Crippen LogP contribution in [0.15, 0.2) is 40.5 Å². The van der Waals surface area contributed by atoms with E-state index in [0.29, 0.717) is 36.8 Å². The van der Waals surface area contributed by atoms with E-state index in [2.05, 4.69) is 15.5 Å². The van der Waals surface area contributed by atoms with Crippen LogP contribution in [-0.2, 0) is 28.9 Å². The molecule has 11 heteroatoms. The normalized spacial score (nSPS) is 23.2. The summed E-state index contributed by atoms with van der Waals surface area (Å²) in [6.45, 7) is 5.14. The largest absolute Gasteiger partial charge is 0.392 e. The van der Waals surface area contributed by atoms with Gasteiger partial charge in [0, 0.05) is 36.3 Å². The number of benzene rings is 1. The van der Waals surface area contributed by atoms with Crippen LogP contribution >= 0.6 is 11.3 Å². The number of hydrogen-bond acceptors (Lipinski definition) is 9. The third-order valence-electron chi connectivity index (χ3n) is 5.87. The number of rotatable bonds is 9. The lowest BCUT2D eigenvalue weighted by molar-refractivity contribution is -0.110. The molecular weight excluding hydrogens is 478 g/mol. The molecule has 0 spiro atoms. The molecule has 2 fully saturated rings. The Hall–Kier alpha value is -2.34. The molecule has 2 aromatic rings. The molecule has 0 radical (unpaired) electrons. The maximum absolute atomic E-state index is 13.1. The number of carbonyl (C=O) groups excluding carboxylic acids is 1. The molecule has 1 aromatic carbocycles. The Morgan fingerprint density at radius 2 is 2.00 bits per heavy atom. The zero-order chi connectivity index (χ0) is 24.1. The van der Waals surface area contributed by atoms with Crippen molar-refractivity contribution in [2.45, 2.75) is 61.9 Å². The summed E-state index contributed by atoms with van der Waals surface area (Å²) in [7, 11) is -3.50. The Labute approximate surface area is 203 Å². The lowest BCUT2D eigenvalue weighted by Gasteiger charge is -2.13. The molecule has 1 aliphatic heterocycles. The van der Waals surface area contributed by atoms with Crippen LogP contribution < -0.4 is 5.32 Å². The van der Waals surface area contributed by atoms with Gasteiger partial charge in [-0.05, 0) is 45.2 Å². The molecule has 1 saturated heterocycles. The number of aromatic nitrogens is 1. The number of sulfone groups is 1. The van der Waals surface area contributed by atoms with Crippen LogP contribution in [0.5, 0.6) is 0 Å². The fourth-order valence-electron chi connectivity index (χ4n) is 4.06. The number of hydrogen-bond donors (Lipinski definition) is 1. The van der Waals surface area contributed by atoms with Gasteiger partial charge in [-0.25, -0.2) is 13.4 Å². The molecule has 4 rings (SSSR count). The van der Waals surface area contributed by atoms with Crippen molar-refractivity contribution in [1.82, 2.24) is 4.98 Å². The molecule has 0 unspecified atom stereocenters. The van der Waals surface area contributed by atoms with Gasteiger partial charge in [-0.15, -0.1) is 11.3 Å². The Balaban J connectivity index is 1.55. The standard InChI is InChI=1S/C23H29N3O6S2/c1-3-31-17-6-7-18(12-17)32-26-21(22(27)25-23-24-13-15(2)33-23)16-4-8-19(9-5-16)34(28,29)20-10-11-30-14-20/h4-5,8-9,13,17-18,20H,3,6-7,10-12,14H2,1-2H3,(H,24,25,27)/t17-,18-,20+/m1/s1. The maximum atomic E-state index is 13.1. The van der Waals surface area contributed by atoms with Crippen LogP contribution in [0, 0.1) is 6.92 Å². The highest BCUT2D eigenvalue weighted by molar-refractivity contribution is 7.92. The fraction of sp³-hybridized carbons (Fsp3) is 0.522. The van der Waals surface area contributed by atoms with Gasteiger partial charge >= 0.3 is 0 Å². The van der Waals surface area contributed by atoms with E-state index in [4.69, 9.17) is 14.3 Å². The Bertz CT molecular complexity index is 1120. The highest BCUT2D eigenvalue weighted by Crippen LogP contribution is 2.26. The molecule has 1 N–H and O–H groups in total. The lowest BCUT2D eigenvalue weighted by atomic mass is 10.1. The number of ether oxygens (including phenoxy) is 2. The minimum Gasteiger partial charge on any atom is -0.392 e. The van der Waals surface area contributed by atoms with Gasteiger partial charge in [0.2, 0.25) is 0 Å². The first kappa shape index (κ1) is 24.8. The van der Waals surface area contributed by atoms with Gasteiger partial charge < -0.3 is 14.3 Å². The predicted octanol–water partition coefficient (Wildman–Crippen LogP) is 3.33. The van der Waals surface area contributed by atoms with Gasteiger partial charge in [0.25, 0.3) is 5.91 Å². The van der Waals surface area contributed by atoms with Gasteiger partial charge in [0.05, 0.1) is 22.9 Å². The summed E-state index contributed by atoms with van der Waals surface area (Å²) >= 11 is 1.35. The van der Waals surface area contributed by atoms with Gasteiger partial charge in [0.15, 0.2) is 20.7 Å². The first-order valence-corrected chi connectivity index (χ1v) is 13.7. The van der Waals surface area contributed by atoms with Crippen molar-refractivity contribution in [3.05, 3.63) is 40.9 Å². The van der Waals surface area contributed by atoms with Crippen molar-refractivity contribution in [3.63, 3.8) is 0 Å². The Morgan fingerprint density at radius 3 is 2.65 bits per heavy atom. The molecule has 9 nitrogen and oxygen atoms in total. The second kappa shape index (κ2) is 10.9. The number of nitrogens with zero attached hydrogens (tertiary/aromatic N) is 2. The summed E-state index contributed by atoms with van der Waals surface area (Å²) < 4.78 is 36.6. The molecule has 1 amide bonds. The minimum atomic E-state index is -3.50. The van der Waals surface area contributed by atoms with Gasteiger partial charge in [-0.2, -0.15) is 0 Å². The molecule has 2 aliphatic rings. The van der Waals surface area contributed by atoms with Gasteiger partial charge in [-0.3, -0.25) is 10.1 Å². The Kier molecular flexibility index (Phi) is 7.97. The summed E-state index contributed by atoms with van der Waals surface area (Å²) in [6.07, 6.45) is 4.50. The third kappa shape index (κ3) is 5.83. The van der Waals surface area contributed by atoms with Crippen molar-refractivity contribution in [2.24, 2.45) is 5.16 Å². The van der Waals surface area contributed by atoms with Crippen LogP contribution in [0.2, 0.25) is 0 Å². The number of carbonyl (C=O) groups is 1. The number of aryl methyl sites for hydroxylation is 1. The van der Waals surface area contributed by atoms with Crippen molar-refractivity contribution < 1.29 is 27.5 Å². The first-order chi connectivity index (χ1) is 16.4. The predicted molar refractivity (Wildman–Crippen MR) is 129 cm³/mol. The van der Waals surface area contributed by atoms with Crippen LogP contribution in [-0.4, -0.2) is 62.3 Å². The van der Waals surface area contributed by atoms with E-state index in [1.807, 2.05) is 13.8 Å². The fourth-order valence-corrected chi connectivity index (χ4v) is 6.30. The van der Waals surface area contributed by atoms with Crippen LogP contribution in [0.1, 0.15) is 43.0 Å². The highest BCUT2D eigenvalue weighted by Gasteiger charge is 2.31. The van der Waals surface area contributed by atoms with Crippen molar-refractivity contribution in [2.75, 3.05) is 25.1 Å². The van der Waals surface area contributed by atoms with E-state index in [1.165, 1.54) is 23.5 Å². The summed E-state index contributed by atoms with van der Waals surface area (Å²) in [5, 5.41) is 6.86. The number of anilines is 1. The third-order valence-corrected chi connectivity index (χ3v) is 8.88. The second-order valence-corrected chi connectivity index (χ2v) is 11.8. The lowest BCUT2D eigenvalue weighted by Crippen LogP contribution is -2.25. The zero-order valence-corrected chi connectivity index (χ0v) is 20.9. The molecule has 2 heterocycles. The van der Waals surface area contributed by atoms with E-state index in [9.17, 15) is 13.2 Å². The molecule has 184 valence electrons. The van der Waals surface area contributed by atoms with Crippen LogP contribution in [0.25, 0.3) is 0 Å². The Morgan fingerprint density at radius 1 is 1.24 bits per heavy atom. The SMILES string of the molecule is CCO[C@@H]1CC[C@@H](ON=C(C(=O)Nc2ncc(C)s2)c2ccc(S(=O)(=O)[C@H]3CCOC3)cc2)C1. The quantitative estimate of drug-likeness (QED) is 0.409. The number of oxime groups is 1.